The van der Waals surface area contributed by atoms with E-state index >= 15 is 0 Å². The maximum atomic E-state index is 12.1. The van der Waals surface area contributed by atoms with E-state index in [-0.39, 0.29) is 17.6 Å². The SMILES string of the molecule is CCNCCNC(=O)c1ccsc1NC(=O)c1ccco1. The zero-order valence-corrected chi connectivity index (χ0v) is 12.5. The van der Waals surface area contributed by atoms with E-state index in [1.165, 1.54) is 17.6 Å². The minimum absolute atomic E-state index is 0.205. The van der Waals surface area contributed by atoms with Gasteiger partial charge in [0.05, 0.1) is 11.8 Å². The number of carbonyl (C=O) groups excluding carboxylic acids is 2. The second-order valence-electron chi connectivity index (χ2n) is 4.20. The number of furan rings is 1. The predicted octanol–water partition coefficient (Wildman–Crippen LogP) is 1.93. The van der Waals surface area contributed by atoms with E-state index < -0.39 is 0 Å². The summed E-state index contributed by atoms with van der Waals surface area (Å²) < 4.78 is 5.02. The number of carbonyl (C=O) groups is 2. The van der Waals surface area contributed by atoms with Gasteiger partial charge in [-0.1, -0.05) is 6.92 Å². The first kappa shape index (κ1) is 15.3. The average Bonchev–Trinajstić information content (AvgIpc) is 3.14. The molecule has 0 atom stereocenters. The fourth-order valence-electron chi connectivity index (χ4n) is 1.69. The van der Waals surface area contributed by atoms with Crippen molar-refractivity contribution in [2.45, 2.75) is 6.92 Å². The molecule has 0 aliphatic rings. The topological polar surface area (TPSA) is 83.4 Å². The Morgan fingerprint density at radius 3 is 2.81 bits per heavy atom. The number of hydrogen-bond acceptors (Lipinski definition) is 5. The van der Waals surface area contributed by atoms with Crippen molar-refractivity contribution in [1.29, 1.82) is 0 Å². The third-order valence-corrected chi connectivity index (χ3v) is 3.55. The van der Waals surface area contributed by atoms with Gasteiger partial charge >= 0.3 is 0 Å². The molecular weight excluding hydrogens is 290 g/mol. The Bertz CT molecular complexity index is 592. The zero-order valence-electron chi connectivity index (χ0n) is 11.6. The second kappa shape index (κ2) is 7.61. The molecule has 7 heteroatoms. The zero-order chi connectivity index (χ0) is 15.1. The monoisotopic (exact) mass is 307 g/mol. The van der Waals surface area contributed by atoms with Gasteiger partial charge in [-0.15, -0.1) is 11.3 Å². The first-order chi connectivity index (χ1) is 10.2. The lowest BCUT2D eigenvalue weighted by Crippen LogP contribution is -2.32. The van der Waals surface area contributed by atoms with Gasteiger partial charge in [-0.2, -0.15) is 0 Å². The summed E-state index contributed by atoms with van der Waals surface area (Å²) >= 11 is 1.30. The molecule has 0 aromatic carbocycles. The lowest BCUT2D eigenvalue weighted by Gasteiger charge is -2.07. The quantitative estimate of drug-likeness (QED) is 0.683. The minimum Gasteiger partial charge on any atom is -0.459 e. The van der Waals surface area contributed by atoms with Gasteiger partial charge in [0, 0.05) is 13.1 Å². The van der Waals surface area contributed by atoms with Crippen molar-refractivity contribution in [3.05, 3.63) is 41.2 Å². The Kier molecular flexibility index (Phi) is 5.53. The lowest BCUT2D eigenvalue weighted by atomic mass is 10.3. The summed E-state index contributed by atoms with van der Waals surface area (Å²) in [5, 5.41) is 10.9. The van der Waals surface area contributed by atoms with Crippen LogP contribution in [0.25, 0.3) is 0 Å². The predicted molar refractivity (Wildman–Crippen MR) is 81.9 cm³/mol. The van der Waals surface area contributed by atoms with Crippen LogP contribution < -0.4 is 16.0 Å². The summed E-state index contributed by atoms with van der Waals surface area (Å²) in [7, 11) is 0. The lowest BCUT2D eigenvalue weighted by molar-refractivity contribution is 0.0955. The Morgan fingerprint density at radius 2 is 2.10 bits per heavy atom. The number of thiophene rings is 1. The van der Waals surface area contributed by atoms with Crippen LogP contribution in [0.3, 0.4) is 0 Å². The molecule has 112 valence electrons. The van der Waals surface area contributed by atoms with Crippen LogP contribution in [0.1, 0.15) is 27.8 Å². The fraction of sp³-hybridized carbons (Fsp3) is 0.286. The third kappa shape index (κ3) is 4.17. The van der Waals surface area contributed by atoms with Crippen LogP contribution in [0, 0.1) is 0 Å². The Labute approximate surface area is 126 Å². The van der Waals surface area contributed by atoms with Crippen molar-refractivity contribution >= 4 is 28.2 Å². The highest BCUT2D eigenvalue weighted by atomic mass is 32.1. The van der Waals surface area contributed by atoms with Crippen molar-refractivity contribution in [3.63, 3.8) is 0 Å². The molecule has 0 saturated carbocycles. The van der Waals surface area contributed by atoms with Crippen LogP contribution in [0.5, 0.6) is 0 Å². The van der Waals surface area contributed by atoms with Gasteiger partial charge in [0.2, 0.25) is 0 Å². The number of nitrogens with one attached hydrogen (secondary N) is 3. The van der Waals surface area contributed by atoms with Gasteiger partial charge in [-0.05, 0) is 30.1 Å². The van der Waals surface area contributed by atoms with Gasteiger partial charge < -0.3 is 20.4 Å². The standard InChI is InChI=1S/C14H17N3O3S/c1-2-15-6-7-16-12(18)10-5-9-21-14(10)17-13(19)11-4-3-8-20-11/h3-5,8-9,15H,2,6-7H2,1H3,(H,16,18)(H,17,19). The van der Waals surface area contributed by atoms with Gasteiger partial charge in [0.15, 0.2) is 5.76 Å². The molecule has 2 aromatic heterocycles. The average molecular weight is 307 g/mol. The second-order valence-corrected chi connectivity index (χ2v) is 5.12. The molecule has 2 aromatic rings. The van der Waals surface area contributed by atoms with E-state index in [4.69, 9.17) is 4.42 Å². The Balaban J connectivity index is 1.95. The fourth-order valence-corrected chi connectivity index (χ4v) is 2.47. The van der Waals surface area contributed by atoms with E-state index in [2.05, 4.69) is 16.0 Å². The molecular formula is C14H17N3O3S. The Morgan fingerprint density at radius 1 is 1.24 bits per heavy atom. The largest absolute Gasteiger partial charge is 0.459 e. The molecule has 2 amide bonds. The summed E-state index contributed by atoms with van der Waals surface area (Å²) in [6.45, 7) is 4.11. The molecule has 0 radical (unpaired) electrons. The molecule has 2 heterocycles. The van der Waals surface area contributed by atoms with Gasteiger partial charge in [-0.3, -0.25) is 9.59 Å². The summed E-state index contributed by atoms with van der Waals surface area (Å²) in [6, 6.07) is 4.89. The van der Waals surface area contributed by atoms with E-state index in [1.807, 2.05) is 6.92 Å². The molecule has 0 unspecified atom stereocenters. The number of amides is 2. The highest BCUT2D eigenvalue weighted by Crippen LogP contribution is 2.23. The van der Waals surface area contributed by atoms with Crippen molar-refractivity contribution in [2.24, 2.45) is 0 Å². The summed E-state index contributed by atoms with van der Waals surface area (Å²) in [5.74, 6) is -0.366. The summed E-state index contributed by atoms with van der Waals surface area (Å²) in [6.07, 6.45) is 1.43. The van der Waals surface area contributed by atoms with Crippen molar-refractivity contribution in [3.8, 4) is 0 Å². The number of hydrogen-bond donors (Lipinski definition) is 3. The molecule has 0 aliphatic carbocycles. The van der Waals surface area contributed by atoms with Crippen molar-refractivity contribution in [2.75, 3.05) is 25.0 Å². The van der Waals surface area contributed by atoms with Crippen LogP contribution in [-0.2, 0) is 0 Å². The van der Waals surface area contributed by atoms with Gasteiger partial charge in [0.25, 0.3) is 11.8 Å². The van der Waals surface area contributed by atoms with Crippen LogP contribution in [0.2, 0.25) is 0 Å². The Hall–Kier alpha value is -2.12. The van der Waals surface area contributed by atoms with Gasteiger partial charge in [-0.25, -0.2) is 0 Å². The molecule has 2 rings (SSSR count). The van der Waals surface area contributed by atoms with Crippen LogP contribution >= 0.6 is 11.3 Å². The highest BCUT2D eigenvalue weighted by Gasteiger charge is 2.16. The number of likely N-dealkylation sites (N-methyl/N-ethyl adjacent to an activating group) is 1. The van der Waals surface area contributed by atoms with E-state index in [9.17, 15) is 9.59 Å². The maximum absolute atomic E-state index is 12.1. The van der Waals surface area contributed by atoms with Crippen LogP contribution in [-0.4, -0.2) is 31.4 Å². The molecule has 0 bridgehead atoms. The molecule has 0 aliphatic heterocycles. The van der Waals surface area contributed by atoms with E-state index in [1.54, 1.807) is 23.6 Å². The molecule has 0 saturated heterocycles. The minimum atomic E-state index is -0.371. The highest BCUT2D eigenvalue weighted by molar-refractivity contribution is 7.14. The first-order valence-electron chi connectivity index (χ1n) is 6.63. The van der Waals surface area contributed by atoms with Crippen LogP contribution in [0.4, 0.5) is 5.00 Å². The van der Waals surface area contributed by atoms with E-state index in [0.717, 1.165) is 6.54 Å². The molecule has 6 nitrogen and oxygen atoms in total. The molecule has 3 N–H and O–H groups in total. The molecule has 21 heavy (non-hydrogen) atoms. The summed E-state index contributed by atoms with van der Waals surface area (Å²) in [5.41, 5.74) is 0.455. The van der Waals surface area contributed by atoms with Crippen molar-refractivity contribution < 1.29 is 14.0 Å². The van der Waals surface area contributed by atoms with Crippen molar-refractivity contribution in [1.82, 2.24) is 10.6 Å². The number of rotatable bonds is 7. The third-order valence-electron chi connectivity index (χ3n) is 2.72. The van der Waals surface area contributed by atoms with Gasteiger partial charge in [0.1, 0.15) is 5.00 Å². The van der Waals surface area contributed by atoms with E-state index in [0.29, 0.717) is 23.7 Å². The maximum Gasteiger partial charge on any atom is 0.291 e. The smallest absolute Gasteiger partial charge is 0.291 e. The molecule has 0 spiro atoms. The normalized spacial score (nSPS) is 10.3. The number of anilines is 1. The van der Waals surface area contributed by atoms with Crippen LogP contribution in [0.15, 0.2) is 34.3 Å². The first-order valence-corrected chi connectivity index (χ1v) is 7.51. The summed E-state index contributed by atoms with van der Waals surface area (Å²) in [4.78, 5) is 24.0. The molecule has 0 fully saturated rings.